The third kappa shape index (κ3) is 27.6. The number of carbonyl (C=O) groups is 11. The molecule has 0 unspecified atom stereocenters. The summed E-state index contributed by atoms with van der Waals surface area (Å²) in [6, 6.07) is 4.25. The molecule has 0 aromatic heterocycles. The third-order valence-corrected chi connectivity index (χ3v) is 14.3. The molecular formula is C56H86N10O16S2. The number of hydrogen-bond acceptors (Lipinski definition) is 17. The van der Waals surface area contributed by atoms with Crippen LogP contribution in [0.25, 0.3) is 0 Å². The van der Waals surface area contributed by atoms with Crippen LogP contribution in [0.1, 0.15) is 99.6 Å². The number of ether oxygens (including phenoxy) is 1. The summed E-state index contributed by atoms with van der Waals surface area (Å²) in [6.45, 7) is 14.0. The number of nitrogens with one attached hydrogen (secondary N) is 9. The van der Waals surface area contributed by atoms with E-state index in [1.54, 1.807) is 62.3 Å². The Balaban J connectivity index is 2.33. The number of aliphatic carboxylic acids is 1. The maximum atomic E-state index is 14.0. The van der Waals surface area contributed by atoms with E-state index in [9.17, 15) is 73.2 Å². The molecule has 0 aliphatic carbocycles. The highest BCUT2D eigenvalue weighted by molar-refractivity contribution is 7.98. The number of alkyl carbamates (subject to hydrolysis) is 1. The van der Waals surface area contributed by atoms with Gasteiger partial charge in [0.15, 0.2) is 0 Å². The van der Waals surface area contributed by atoms with E-state index in [0.717, 1.165) is 18.1 Å². The number of rotatable bonds is 36. The number of nitrogens with two attached hydrogens (primary N) is 1. The lowest BCUT2D eigenvalue weighted by molar-refractivity contribution is -0.143. The maximum absolute atomic E-state index is 14.0. The molecule has 0 spiro atoms. The molecule has 2 aromatic rings. The van der Waals surface area contributed by atoms with Crippen LogP contribution in [0.3, 0.4) is 0 Å². The molecule has 84 heavy (non-hydrogen) atoms. The Labute approximate surface area is 498 Å². The molecule has 0 aliphatic rings. The van der Waals surface area contributed by atoms with Crippen LogP contribution in [0.15, 0.2) is 60.7 Å². The number of benzene rings is 2. The molecular weight excluding hydrogens is 1130 g/mol. The minimum atomic E-state index is -1.85. The summed E-state index contributed by atoms with van der Waals surface area (Å²) in [5.41, 5.74) is 6.30. The van der Waals surface area contributed by atoms with Gasteiger partial charge in [0, 0.05) is 23.0 Å². The van der Waals surface area contributed by atoms with E-state index in [0.29, 0.717) is 11.5 Å². The van der Waals surface area contributed by atoms with Gasteiger partial charge in [0.05, 0.1) is 25.7 Å². The second-order valence-corrected chi connectivity index (χ2v) is 24.2. The van der Waals surface area contributed by atoms with Gasteiger partial charge in [-0.1, -0.05) is 102 Å². The molecule has 2 aromatic carbocycles. The van der Waals surface area contributed by atoms with Crippen LogP contribution in [0, 0.1) is 17.8 Å². The molecule has 26 nitrogen and oxygen atoms in total. The zero-order valence-electron chi connectivity index (χ0n) is 49.2. The van der Waals surface area contributed by atoms with Crippen molar-refractivity contribution in [1.29, 1.82) is 0 Å². The quantitative estimate of drug-likeness (QED) is 0.0416. The summed E-state index contributed by atoms with van der Waals surface area (Å²) in [5, 5.41) is 62.9. The zero-order valence-corrected chi connectivity index (χ0v) is 50.9. The van der Waals surface area contributed by atoms with Gasteiger partial charge in [-0.3, -0.25) is 43.2 Å². The molecule has 0 saturated carbocycles. The number of hydrogen-bond donors (Lipinski definition) is 14. The van der Waals surface area contributed by atoms with Crippen LogP contribution in [-0.4, -0.2) is 176 Å². The molecule has 468 valence electrons. The summed E-state index contributed by atoms with van der Waals surface area (Å²) in [6.07, 6.45) is -3.50. The highest BCUT2D eigenvalue weighted by atomic mass is 32.2. The number of thioether (sulfide) groups is 2. The third-order valence-electron chi connectivity index (χ3n) is 12.1. The van der Waals surface area contributed by atoms with Crippen molar-refractivity contribution in [2.45, 2.75) is 166 Å². The molecule has 10 atom stereocenters. The van der Waals surface area contributed by atoms with Crippen LogP contribution < -0.4 is 53.6 Å². The predicted octanol–water partition coefficient (Wildman–Crippen LogP) is -0.302. The van der Waals surface area contributed by atoms with Gasteiger partial charge in [-0.25, -0.2) is 9.59 Å². The predicted molar refractivity (Wildman–Crippen MR) is 315 cm³/mol. The highest BCUT2D eigenvalue weighted by Crippen LogP contribution is 2.17. The lowest BCUT2D eigenvalue weighted by atomic mass is 10.00. The smallest absolute Gasteiger partial charge is 0.408 e. The average molecular weight is 1220 g/mol. The van der Waals surface area contributed by atoms with E-state index in [1.807, 2.05) is 60.7 Å². The van der Waals surface area contributed by atoms with Crippen molar-refractivity contribution in [2.75, 3.05) is 24.7 Å². The summed E-state index contributed by atoms with van der Waals surface area (Å²) < 4.78 is 5.32. The van der Waals surface area contributed by atoms with Crippen LogP contribution in [0.4, 0.5) is 4.79 Å². The van der Waals surface area contributed by atoms with Gasteiger partial charge in [0.25, 0.3) is 0 Å². The van der Waals surface area contributed by atoms with Gasteiger partial charge in [0.2, 0.25) is 53.2 Å². The monoisotopic (exact) mass is 1220 g/mol. The molecule has 0 fully saturated rings. The summed E-state index contributed by atoms with van der Waals surface area (Å²) >= 11 is 2.50. The number of carbonyl (C=O) groups excluding carboxylic acids is 10. The Morgan fingerprint density at radius 3 is 1.27 bits per heavy atom. The normalized spacial score (nSPS) is 15.0. The van der Waals surface area contributed by atoms with E-state index >= 15 is 0 Å². The van der Waals surface area contributed by atoms with E-state index < -0.39 is 157 Å². The number of aliphatic hydroxyl groups excluding tert-OH is 3. The second kappa shape index (κ2) is 36.6. The number of amides is 10. The lowest BCUT2D eigenvalue weighted by Crippen LogP contribution is -2.63. The Kier molecular flexibility index (Phi) is 31.9. The molecule has 2 rings (SSSR count). The van der Waals surface area contributed by atoms with Crippen LogP contribution in [0.5, 0.6) is 0 Å². The molecule has 0 saturated heterocycles. The standard InChI is InChI=1S/C56H86N10O16S2/c1-30(2)21-36(58-47(72)37(23-43(57)70)59-48(73)39(24-67)62-50(75)42(64-55(81)82-56(8,9)10)29-84-27-35-19-15-12-16-20-35)46(71)61-40(25-68)49(74)66-45(33(7)69)53(78)63-41(28-83-26-34-17-13-11-14-18-34)51(76)65-44(32(5)6)52(77)60-38(54(79)80)22-31(3)4/h11-20,30-33,36-42,44-45,67-69H,21-29H2,1-10H3,(H2,57,70)(H,58,72)(H,59,73)(H,60,77)(H,61,71)(H,62,75)(H,63,78)(H,64,81)(H,65,76)(H,66,74)(H,79,80)/t33-,36+,37+,38+,39+,40+,41+,42+,44+,45+/m1/s1. The molecule has 28 heteroatoms. The molecule has 0 aliphatic heterocycles. The van der Waals surface area contributed by atoms with Gasteiger partial charge in [-0.05, 0) is 69.4 Å². The molecule has 10 amide bonds. The molecule has 0 heterocycles. The Morgan fingerprint density at radius 1 is 0.488 bits per heavy atom. The van der Waals surface area contributed by atoms with Crippen molar-refractivity contribution < 1.29 is 77.9 Å². The van der Waals surface area contributed by atoms with Crippen LogP contribution >= 0.6 is 23.5 Å². The van der Waals surface area contributed by atoms with Gasteiger partial charge < -0.3 is 78.7 Å². The Hall–Kier alpha value is -7.01. The second-order valence-electron chi connectivity index (χ2n) is 22.2. The fourth-order valence-corrected chi connectivity index (χ4v) is 9.84. The summed E-state index contributed by atoms with van der Waals surface area (Å²) in [4.78, 5) is 148. The minimum Gasteiger partial charge on any atom is -0.480 e. The minimum absolute atomic E-state index is 0.0147. The summed E-state index contributed by atoms with van der Waals surface area (Å²) in [5.74, 6) is -11.0. The number of primary amides is 1. The highest BCUT2D eigenvalue weighted by Gasteiger charge is 2.37. The average Bonchev–Trinajstić information content (AvgIpc) is 3.44. The first-order valence-electron chi connectivity index (χ1n) is 27.4. The topological polar surface area (TPSA) is 412 Å². The van der Waals surface area contributed by atoms with Gasteiger partial charge in [-0.15, -0.1) is 0 Å². The van der Waals surface area contributed by atoms with E-state index in [1.165, 1.54) is 23.5 Å². The summed E-state index contributed by atoms with van der Waals surface area (Å²) in [7, 11) is 0. The first-order chi connectivity index (χ1) is 39.3. The molecule has 0 bridgehead atoms. The number of carboxylic acids is 1. The van der Waals surface area contributed by atoms with Crippen LogP contribution in [0.2, 0.25) is 0 Å². The van der Waals surface area contributed by atoms with Gasteiger partial charge >= 0.3 is 12.1 Å². The fourth-order valence-electron chi connectivity index (χ4n) is 7.81. The van der Waals surface area contributed by atoms with Crippen LogP contribution in [-0.2, 0) is 64.2 Å². The first kappa shape index (κ1) is 73.1. The van der Waals surface area contributed by atoms with E-state index in [4.69, 9.17) is 10.5 Å². The van der Waals surface area contributed by atoms with Crippen molar-refractivity contribution in [3.05, 3.63) is 71.8 Å². The van der Waals surface area contributed by atoms with Crippen molar-refractivity contribution >= 4 is 88.8 Å². The first-order valence-corrected chi connectivity index (χ1v) is 29.7. The Morgan fingerprint density at radius 2 is 0.845 bits per heavy atom. The number of carboxylic acid groups (broad SMARTS) is 1. The maximum Gasteiger partial charge on any atom is 0.408 e. The van der Waals surface area contributed by atoms with Gasteiger partial charge in [-0.2, -0.15) is 23.5 Å². The van der Waals surface area contributed by atoms with Gasteiger partial charge in [0.1, 0.15) is 60.0 Å². The van der Waals surface area contributed by atoms with E-state index in [-0.39, 0.29) is 36.2 Å². The lowest BCUT2D eigenvalue weighted by Gasteiger charge is -2.29. The SMILES string of the molecule is CC(C)C[C@H](NC(=O)[C@@H](NC(=O)[C@H](CSCc1ccccc1)NC(=O)[C@@H](NC(=O)[C@H](CO)NC(=O)[C@H](CC(C)C)NC(=O)[C@H](CC(N)=O)NC(=O)[C@H](CO)NC(=O)[C@H](CSCc1ccccc1)NC(=O)OC(C)(C)C)[C@@H](C)O)C(C)C)C(=O)O. The fraction of sp³-hybridized carbons (Fsp3) is 0.589. The Bertz CT molecular complexity index is 2500. The zero-order chi connectivity index (χ0) is 63.4. The number of aliphatic hydroxyl groups is 3. The van der Waals surface area contributed by atoms with Crippen molar-refractivity contribution in [3.8, 4) is 0 Å². The van der Waals surface area contributed by atoms with Crippen molar-refractivity contribution in [3.63, 3.8) is 0 Å². The van der Waals surface area contributed by atoms with Crippen molar-refractivity contribution in [2.24, 2.45) is 23.5 Å². The molecule has 15 N–H and O–H groups in total. The largest absolute Gasteiger partial charge is 0.480 e. The van der Waals surface area contributed by atoms with Crippen molar-refractivity contribution in [1.82, 2.24) is 47.9 Å². The van der Waals surface area contributed by atoms with E-state index in [2.05, 4.69) is 47.9 Å². The molecule has 0 radical (unpaired) electrons.